The molecule has 0 radical (unpaired) electrons. The highest BCUT2D eigenvalue weighted by atomic mass is 35.5. The first-order chi connectivity index (χ1) is 12.5. The van der Waals surface area contributed by atoms with Crippen LogP contribution in [-0.2, 0) is 0 Å². The van der Waals surface area contributed by atoms with Crippen LogP contribution in [0.1, 0.15) is 48.4 Å². The molecule has 0 saturated carbocycles. The Morgan fingerprint density at radius 1 is 0.962 bits per heavy atom. The van der Waals surface area contributed by atoms with Crippen molar-refractivity contribution < 1.29 is 0 Å². The van der Waals surface area contributed by atoms with Gasteiger partial charge in [0.25, 0.3) is 0 Å². The molecule has 0 fully saturated rings. The summed E-state index contributed by atoms with van der Waals surface area (Å²) in [4.78, 5) is 2.53. The SMILES string of the molecule is Cc1cc(C2C=CC(c3ccc(Cl)cc3)N2C(C)C)cn2c(C)nnc12. The van der Waals surface area contributed by atoms with Crippen LogP contribution in [0.25, 0.3) is 5.65 Å². The highest BCUT2D eigenvalue weighted by molar-refractivity contribution is 6.30. The third-order valence-electron chi connectivity index (χ3n) is 5.15. The molecule has 4 nitrogen and oxygen atoms in total. The van der Waals surface area contributed by atoms with Crippen molar-refractivity contribution in [2.75, 3.05) is 0 Å². The summed E-state index contributed by atoms with van der Waals surface area (Å²) in [7, 11) is 0. The smallest absolute Gasteiger partial charge is 0.163 e. The Labute approximate surface area is 159 Å². The molecule has 2 unspecified atom stereocenters. The molecule has 26 heavy (non-hydrogen) atoms. The summed E-state index contributed by atoms with van der Waals surface area (Å²) in [5.74, 6) is 0.914. The molecule has 0 aliphatic carbocycles. The van der Waals surface area contributed by atoms with Gasteiger partial charge in [-0.25, -0.2) is 0 Å². The third-order valence-corrected chi connectivity index (χ3v) is 5.40. The van der Waals surface area contributed by atoms with E-state index in [1.807, 2.05) is 19.1 Å². The van der Waals surface area contributed by atoms with E-state index in [9.17, 15) is 0 Å². The fourth-order valence-corrected chi connectivity index (χ4v) is 4.03. The van der Waals surface area contributed by atoms with Gasteiger partial charge in [-0.05, 0) is 62.6 Å². The van der Waals surface area contributed by atoms with E-state index in [0.29, 0.717) is 6.04 Å². The van der Waals surface area contributed by atoms with Crippen LogP contribution in [-0.4, -0.2) is 25.5 Å². The van der Waals surface area contributed by atoms with E-state index in [1.165, 1.54) is 11.1 Å². The average Bonchev–Trinajstić information content (AvgIpc) is 3.20. The van der Waals surface area contributed by atoms with Crippen molar-refractivity contribution in [1.82, 2.24) is 19.5 Å². The fourth-order valence-electron chi connectivity index (χ4n) is 3.91. The van der Waals surface area contributed by atoms with E-state index in [-0.39, 0.29) is 12.1 Å². The summed E-state index contributed by atoms with van der Waals surface area (Å²) in [5, 5.41) is 9.27. The maximum absolute atomic E-state index is 6.07. The second-order valence-electron chi connectivity index (χ2n) is 7.26. The van der Waals surface area contributed by atoms with Gasteiger partial charge in [-0.3, -0.25) is 9.30 Å². The number of fused-ring (bicyclic) bond motifs is 1. The maximum atomic E-state index is 6.07. The molecule has 0 spiro atoms. The van der Waals surface area contributed by atoms with Crippen molar-refractivity contribution in [2.45, 2.75) is 45.8 Å². The molecular weight excluding hydrogens is 344 g/mol. The quantitative estimate of drug-likeness (QED) is 0.607. The van der Waals surface area contributed by atoms with Crippen LogP contribution in [0.15, 0.2) is 48.7 Å². The van der Waals surface area contributed by atoms with Gasteiger partial charge >= 0.3 is 0 Å². The second-order valence-corrected chi connectivity index (χ2v) is 7.70. The topological polar surface area (TPSA) is 33.4 Å². The zero-order valence-corrected chi connectivity index (χ0v) is 16.3. The molecular formula is C21H23ClN4. The molecule has 1 aliphatic rings. The van der Waals surface area contributed by atoms with Crippen molar-refractivity contribution in [3.8, 4) is 0 Å². The number of benzene rings is 1. The number of hydrogen-bond donors (Lipinski definition) is 0. The van der Waals surface area contributed by atoms with Crippen LogP contribution in [0.5, 0.6) is 0 Å². The lowest BCUT2D eigenvalue weighted by Gasteiger charge is -2.34. The Hall–Kier alpha value is -2.17. The lowest BCUT2D eigenvalue weighted by atomic mass is 10.0. The molecule has 1 aliphatic heterocycles. The van der Waals surface area contributed by atoms with Crippen molar-refractivity contribution in [3.63, 3.8) is 0 Å². The highest BCUT2D eigenvalue weighted by Gasteiger charge is 2.33. The number of halogens is 1. The van der Waals surface area contributed by atoms with Crippen LogP contribution >= 0.6 is 11.6 Å². The Morgan fingerprint density at radius 2 is 1.62 bits per heavy atom. The number of nitrogens with zero attached hydrogens (tertiary/aromatic N) is 4. The van der Waals surface area contributed by atoms with E-state index in [0.717, 1.165) is 22.1 Å². The van der Waals surface area contributed by atoms with Gasteiger partial charge in [0, 0.05) is 17.3 Å². The molecule has 2 atom stereocenters. The minimum atomic E-state index is 0.223. The van der Waals surface area contributed by atoms with E-state index in [2.05, 4.69) is 76.8 Å². The molecule has 5 heteroatoms. The third kappa shape index (κ3) is 2.83. The number of hydrogen-bond acceptors (Lipinski definition) is 3. The van der Waals surface area contributed by atoms with Gasteiger partial charge in [0.2, 0.25) is 0 Å². The standard InChI is InChI=1S/C21H23ClN4/c1-13(2)26-19(16-5-7-18(22)8-6-16)9-10-20(26)17-11-14(3)21-24-23-15(4)25(21)12-17/h5-13,19-20H,1-4H3. The predicted molar refractivity (Wildman–Crippen MR) is 106 cm³/mol. The Morgan fingerprint density at radius 3 is 2.27 bits per heavy atom. The lowest BCUT2D eigenvalue weighted by molar-refractivity contribution is 0.163. The Kier molecular flexibility index (Phi) is 4.33. The van der Waals surface area contributed by atoms with Crippen molar-refractivity contribution in [2.24, 2.45) is 0 Å². The first-order valence-corrected chi connectivity index (χ1v) is 9.36. The van der Waals surface area contributed by atoms with E-state index in [1.54, 1.807) is 0 Å². The number of aryl methyl sites for hydroxylation is 2. The highest BCUT2D eigenvalue weighted by Crippen LogP contribution is 2.40. The van der Waals surface area contributed by atoms with Crippen LogP contribution < -0.4 is 0 Å². The largest absolute Gasteiger partial charge is 0.286 e. The van der Waals surface area contributed by atoms with Gasteiger partial charge in [-0.1, -0.05) is 35.9 Å². The average molecular weight is 367 g/mol. The summed E-state index contributed by atoms with van der Waals surface area (Å²) in [6.07, 6.45) is 6.78. The van der Waals surface area contributed by atoms with Crippen molar-refractivity contribution in [3.05, 3.63) is 76.2 Å². The summed E-state index contributed by atoms with van der Waals surface area (Å²) >= 11 is 6.07. The normalized spacial score (nSPS) is 20.5. The van der Waals surface area contributed by atoms with Gasteiger partial charge in [0.05, 0.1) is 12.1 Å². The van der Waals surface area contributed by atoms with E-state index < -0.39 is 0 Å². The summed E-state index contributed by atoms with van der Waals surface area (Å²) in [6.45, 7) is 8.59. The summed E-state index contributed by atoms with van der Waals surface area (Å²) in [6, 6.07) is 11.3. The first kappa shape index (κ1) is 17.3. The predicted octanol–water partition coefficient (Wildman–Crippen LogP) is 5.06. The molecule has 134 valence electrons. The van der Waals surface area contributed by atoms with E-state index in [4.69, 9.17) is 11.6 Å². The van der Waals surface area contributed by atoms with Gasteiger partial charge in [-0.15, -0.1) is 10.2 Å². The number of rotatable bonds is 3. The molecule has 0 amide bonds. The zero-order chi connectivity index (χ0) is 18.4. The first-order valence-electron chi connectivity index (χ1n) is 8.99. The Balaban J connectivity index is 1.76. The van der Waals surface area contributed by atoms with Crippen LogP contribution in [0.4, 0.5) is 0 Å². The minimum Gasteiger partial charge on any atom is -0.286 e. The monoisotopic (exact) mass is 366 g/mol. The number of pyridine rings is 1. The van der Waals surface area contributed by atoms with Crippen molar-refractivity contribution >= 4 is 17.2 Å². The van der Waals surface area contributed by atoms with Gasteiger partial charge in [-0.2, -0.15) is 0 Å². The molecule has 1 aromatic carbocycles. The van der Waals surface area contributed by atoms with Crippen molar-refractivity contribution in [1.29, 1.82) is 0 Å². The summed E-state index contributed by atoms with van der Waals surface area (Å²) in [5.41, 5.74) is 4.60. The molecule has 4 rings (SSSR count). The maximum Gasteiger partial charge on any atom is 0.163 e. The van der Waals surface area contributed by atoms with Crippen LogP contribution in [0.3, 0.4) is 0 Å². The fraction of sp³-hybridized carbons (Fsp3) is 0.333. The van der Waals surface area contributed by atoms with Gasteiger partial charge in [0.15, 0.2) is 5.65 Å². The Bertz CT molecular complexity index is 972. The van der Waals surface area contributed by atoms with Gasteiger partial charge < -0.3 is 0 Å². The molecule has 3 heterocycles. The van der Waals surface area contributed by atoms with E-state index >= 15 is 0 Å². The van der Waals surface area contributed by atoms with Gasteiger partial charge in [0.1, 0.15) is 5.82 Å². The second kappa shape index (κ2) is 6.53. The minimum absolute atomic E-state index is 0.223. The molecule has 0 bridgehead atoms. The lowest BCUT2D eigenvalue weighted by Crippen LogP contribution is -2.33. The molecule has 3 aromatic rings. The molecule has 0 saturated heterocycles. The zero-order valence-electron chi connectivity index (χ0n) is 15.5. The molecule has 2 aromatic heterocycles. The molecule has 0 N–H and O–H groups in total. The number of aromatic nitrogens is 3. The summed E-state index contributed by atoms with van der Waals surface area (Å²) < 4.78 is 2.09. The van der Waals surface area contributed by atoms with Crippen LogP contribution in [0, 0.1) is 13.8 Å². The van der Waals surface area contributed by atoms with Crippen LogP contribution in [0.2, 0.25) is 5.02 Å².